The van der Waals surface area contributed by atoms with Crippen molar-refractivity contribution in [1.82, 2.24) is 19.8 Å². The molecule has 3 N–H and O–H groups in total. The summed E-state index contributed by atoms with van der Waals surface area (Å²) in [5.41, 5.74) is 11.7. The van der Waals surface area contributed by atoms with E-state index in [4.69, 9.17) is 15.7 Å². The minimum absolute atomic E-state index is 0.0162. The first-order valence-electron chi connectivity index (χ1n) is 15.7. The van der Waals surface area contributed by atoms with Gasteiger partial charge in [-0.15, -0.1) is 0 Å². The molecule has 47 heavy (non-hydrogen) atoms. The summed E-state index contributed by atoms with van der Waals surface area (Å²) < 4.78 is 1.77. The van der Waals surface area contributed by atoms with Crippen LogP contribution in [0.25, 0.3) is 5.69 Å². The lowest BCUT2D eigenvalue weighted by molar-refractivity contribution is -0.384. The maximum atomic E-state index is 11.6. The summed E-state index contributed by atoms with van der Waals surface area (Å²) in [5, 5.41) is 15.2. The number of non-ortho nitro benzene ring substituents is 1. The van der Waals surface area contributed by atoms with Gasteiger partial charge in [-0.3, -0.25) is 19.6 Å². The van der Waals surface area contributed by atoms with E-state index < -0.39 is 10.6 Å². The van der Waals surface area contributed by atoms with Crippen molar-refractivity contribution in [2.24, 2.45) is 10.7 Å². The number of likely N-dealkylation sites (N-methyl/N-ethyl adjacent to an activating group) is 1. The van der Waals surface area contributed by atoms with Crippen molar-refractivity contribution in [2.45, 2.75) is 18.6 Å². The van der Waals surface area contributed by atoms with Gasteiger partial charge in [-0.25, -0.2) is 4.98 Å². The Balaban J connectivity index is 1.36. The van der Waals surface area contributed by atoms with Crippen LogP contribution >= 0.6 is 0 Å². The number of rotatable bonds is 8. The van der Waals surface area contributed by atoms with E-state index >= 15 is 0 Å². The zero-order valence-electron chi connectivity index (χ0n) is 26.2. The molecule has 1 saturated heterocycles. The summed E-state index contributed by atoms with van der Waals surface area (Å²) >= 11 is 0. The van der Waals surface area contributed by atoms with Crippen LogP contribution in [0, 0.1) is 10.1 Å². The van der Waals surface area contributed by atoms with Gasteiger partial charge in [-0.05, 0) is 48.5 Å². The fourth-order valence-corrected chi connectivity index (χ4v) is 6.34. The molecule has 4 aromatic carbocycles. The summed E-state index contributed by atoms with van der Waals surface area (Å²) in [6.07, 6.45) is 2.08. The highest BCUT2D eigenvalue weighted by atomic mass is 16.6. The lowest BCUT2D eigenvalue weighted by Gasteiger charge is -2.44. The van der Waals surface area contributed by atoms with Gasteiger partial charge in [0.15, 0.2) is 5.82 Å². The predicted octanol–water partition coefficient (Wildman–Crippen LogP) is 5.18. The number of nitro groups is 1. The zero-order chi connectivity index (χ0) is 32.4. The van der Waals surface area contributed by atoms with Gasteiger partial charge in [-0.2, -0.15) is 4.99 Å². The van der Waals surface area contributed by atoms with Crippen LogP contribution in [-0.4, -0.2) is 58.6 Å². The first-order chi connectivity index (χ1) is 22.9. The highest BCUT2D eigenvalue weighted by molar-refractivity contribution is 6.01. The molecule has 7 rings (SSSR count). The molecule has 11 nitrogen and oxygen atoms in total. The number of aromatic nitrogens is 2. The van der Waals surface area contributed by atoms with Gasteiger partial charge in [0.25, 0.3) is 5.69 Å². The third-order valence-electron chi connectivity index (χ3n) is 8.88. The summed E-state index contributed by atoms with van der Waals surface area (Å²) in [4.78, 5) is 28.0. The van der Waals surface area contributed by atoms with Gasteiger partial charge in [0.1, 0.15) is 17.7 Å². The molecule has 1 unspecified atom stereocenters. The Bertz CT molecular complexity index is 1890. The van der Waals surface area contributed by atoms with Crippen LogP contribution in [0.2, 0.25) is 0 Å². The van der Waals surface area contributed by atoms with Gasteiger partial charge >= 0.3 is 0 Å². The quantitative estimate of drug-likeness (QED) is 0.178. The molecule has 1 fully saturated rings. The lowest BCUT2D eigenvalue weighted by atomic mass is 9.93. The maximum Gasteiger partial charge on any atom is 0.271 e. The molecule has 0 bridgehead atoms. The fourth-order valence-electron chi connectivity index (χ4n) is 6.34. The number of imidazole rings is 1. The van der Waals surface area contributed by atoms with E-state index in [1.165, 1.54) is 12.1 Å². The summed E-state index contributed by atoms with van der Waals surface area (Å²) in [6, 6.07) is 35.2. The highest BCUT2D eigenvalue weighted by Crippen LogP contribution is 2.42. The Kier molecular flexibility index (Phi) is 8.15. The average Bonchev–Trinajstić information content (AvgIpc) is 3.54. The number of aliphatic imine (C=N–C) groups is 1. The Labute approximate surface area is 273 Å². The molecule has 2 aliphatic heterocycles. The van der Waals surface area contributed by atoms with E-state index in [1.54, 1.807) is 23.0 Å². The number of benzene rings is 4. The maximum absolute atomic E-state index is 11.6. The molecule has 2 aliphatic rings. The summed E-state index contributed by atoms with van der Waals surface area (Å²) in [5.74, 6) is 1.07. The normalized spacial score (nSPS) is 18.0. The van der Waals surface area contributed by atoms with Gasteiger partial charge in [0, 0.05) is 62.7 Å². The van der Waals surface area contributed by atoms with E-state index in [-0.39, 0.29) is 5.69 Å². The number of piperazine rings is 1. The minimum atomic E-state index is -1.17. The van der Waals surface area contributed by atoms with Crippen LogP contribution in [0.5, 0.6) is 0 Å². The SMILES string of the molecule is CN1CCN(c2ccc(N3C(NCc4ccccc4)=Nc4c(ncn4-c4cccc([N+](=O)[O-])c4)C3(N)Cc3ccccc3)cc2)CC1. The largest absolute Gasteiger partial charge is 0.369 e. The second-order valence-electron chi connectivity index (χ2n) is 12.1. The number of nitro benzene ring substituents is 1. The van der Waals surface area contributed by atoms with Crippen molar-refractivity contribution in [3.63, 3.8) is 0 Å². The van der Waals surface area contributed by atoms with Crippen molar-refractivity contribution in [1.29, 1.82) is 0 Å². The number of hydrogen-bond donors (Lipinski definition) is 2. The number of hydrogen-bond acceptors (Lipinski definition) is 9. The van der Waals surface area contributed by atoms with Crippen molar-refractivity contribution in [3.8, 4) is 5.69 Å². The van der Waals surface area contributed by atoms with Gasteiger partial charge in [-0.1, -0.05) is 66.7 Å². The molecule has 0 saturated carbocycles. The molecule has 3 heterocycles. The standard InChI is InChI=1S/C36H37N9O2/c1-41-19-21-42(22-20-41)29-15-17-30(18-16-29)44-35(38-25-28-11-6-3-7-12-28)40-34-33(36(44,37)24-27-9-4-2-5-10-27)39-26-43(34)31-13-8-14-32(23-31)45(46)47/h2-18,23,26H,19-22,24-25,37H2,1H3,(H,38,40). The second kappa shape index (κ2) is 12.7. The second-order valence-corrected chi connectivity index (χ2v) is 12.1. The van der Waals surface area contributed by atoms with Crippen LogP contribution in [0.15, 0.2) is 121 Å². The van der Waals surface area contributed by atoms with Crippen molar-refractivity contribution in [3.05, 3.63) is 142 Å². The number of guanidine groups is 1. The molecule has 5 aromatic rings. The third kappa shape index (κ3) is 6.06. The monoisotopic (exact) mass is 627 g/mol. The first kappa shape index (κ1) is 30.2. The molecule has 238 valence electrons. The summed E-state index contributed by atoms with van der Waals surface area (Å²) in [6.45, 7) is 4.49. The predicted molar refractivity (Wildman–Crippen MR) is 185 cm³/mol. The molecule has 0 amide bonds. The third-order valence-corrected chi connectivity index (χ3v) is 8.88. The minimum Gasteiger partial charge on any atom is -0.369 e. The molecule has 0 aliphatic carbocycles. The molecular weight excluding hydrogens is 590 g/mol. The summed E-state index contributed by atoms with van der Waals surface area (Å²) in [7, 11) is 2.16. The van der Waals surface area contributed by atoms with E-state index in [0.29, 0.717) is 36.1 Å². The van der Waals surface area contributed by atoms with E-state index in [0.717, 1.165) is 48.7 Å². The number of nitrogens with zero attached hydrogens (tertiary/aromatic N) is 7. The number of anilines is 2. The van der Waals surface area contributed by atoms with E-state index in [1.807, 2.05) is 41.3 Å². The van der Waals surface area contributed by atoms with Crippen LogP contribution < -0.4 is 20.9 Å². The zero-order valence-corrected chi connectivity index (χ0v) is 26.2. The molecule has 0 spiro atoms. The van der Waals surface area contributed by atoms with E-state index in [9.17, 15) is 10.1 Å². The Morgan fingerprint density at radius 1 is 0.830 bits per heavy atom. The Hall–Kier alpha value is -5.52. The number of nitrogens with one attached hydrogen (secondary N) is 1. The first-order valence-corrected chi connectivity index (χ1v) is 15.7. The van der Waals surface area contributed by atoms with Crippen LogP contribution in [0.4, 0.5) is 22.9 Å². The van der Waals surface area contributed by atoms with E-state index in [2.05, 4.69) is 70.7 Å². The van der Waals surface area contributed by atoms with Crippen molar-refractivity contribution >= 4 is 28.8 Å². The molecule has 0 radical (unpaired) electrons. The van der Waals surface area contributed by atoms with Gasteiger partial charge in [0.2, 0.25) is 5.96 Å². The van der Waals surface area contributed by atoms with Crippen LogP contribution in [-0.2, 0) is 18.6 Å². The topological polar surface area (TPSA) is 121 Å². The lowest BCUT2D eigenvalue weighted by Crippen LogP contribution is -2.62. The van der Waals surface area contributed by atoms with Gasteiger partial charge in [0.05, 0.1) is 10.6 Å². The van der Waals surface area contributed by atoms with Gasteiger partial charge < -0.3 is 20.9 Å². The highest BCUT2D eigenvalue weighted by Gasteiger charge is 2.46. The van der Waals surface area contributed by atoms with Crippen LogP contribution in [0.3, 0.4) is 0 Å². The molecular formula is C36H37N9O2. The fraction of sp³-hybridized carbons (Fsp3) is 0.222. The Morgan fingerprint density at radius 3 is 2.17 bits per heavy atom. The molecule has 1 aromatic heterocycles. The van der Waals surface area contributed by atoms with Crippen molar-refractivity contribution in [2.75, 3.05) is 43.0 Å². The molecule has 11 heteroatoms. The average molecular weight is 628 g/mol. The Morgan fingerprint density at radius 2 is 1.49 bits per heavy atom. The number of fused-ring (bicyclic) bond motifs is 1. The van der Waals surface area contributed by atoms with Crippen LogP contribution in [0.1, 0.15) is 16.8 Å². The number of nitrogens with two attached hydrogens (primary N) is 1. The smallest absolute Gasteiger partial charge is 0.271 e. The van der Waals surface area contributed by atoms with Crippen molar-refractivity contribution < 1.29 is 4.92 Å². The molecule has 1 atom stereocenters.